The van der Waals surface area contributed by atoms with E-state index in [2.05, 4.69) is 47.6 Å². The van der Waals surface area contributed by atoms with Gasteiger partial charge in [0, 0.05) is 47.8 Å². The number of hydrogen-bond acceptors (Lipinski definition) is 6. The molecule has 6 aromatic rings. The van der Waals surface area contributed by atoms with E-state index in [-0.39, 0.29) is 0 Å². The third kappa shape index (κ3) is 4.33. The quantitative estimate of drug-likeness (QED) is 0.252. The van der Waals surface area contributed by atoms with E-state index in [9.17, 15) is 0 Å². The van der Waals surface area contributed by atoms with Crippen LogP contribution in [0, 0.1) is 5.92 Å². The first-order chi connectivity index (χ1) is 18.8. The van der Waals surface area contributed by atoms with E-state index in [0.717, 1.165) is 74.8 Å². The molecule has 6 aromatic heterocycles. The Morgan fingerprint density at radius 2 is 1.82 bits per heavy atom. The molecule has 1 fully saturated rings. The third-order valence-corrected chi connectivity index (χ3v) is 7.48. The molecule has 0 aliphatic heterocycles. The Bertz CT molecular complexity index is 1710. The Hall–Kier alpha value is -4.43. The second-order valence-electron chi connectivity index (χ2n) is 10.1. The summed E-state index contributed by atoms with van der Waals surface area (Å²) in [6.45, 7) is 1.90. The van der Waals surface area contributed by atoms with Crippen molar-refractivity contribution in [1.82, 2.24) is 40.4 Å². The molecule has 0 bridgehead atoms. The summed E-state index contributed by atoms with van der Waals surface area (Å²) in [6, 6.07) is 14.2. The van der Waals surface area contributed by atoms with Crippen molar-refractivity contribution in [1.29, 1.82) is 0 Å². The number of nitrogens with one attached hydrogen (secondary N) is 3. The molecule has 3 N–H and O–H groups in total. The van der Waals surface area contributed by atoms with Gasteiger partial charge in [0.05, 0.1) is 34.3 Å². The highest BCUT2D eigenvalue weighted by atomic mass is 15.1. The second kappa shape index (κ2) is 9.79. The van der Waals surface area contributed by atoms with E-state index in [1.165, 1.54) is 31.2 Å². The van der Waals surface area contributed by atoms with Gasteiger partial charge in [-0.2, -0.15) is 5.10 Å². The normalized spacial score (nSPS) is 14.1. The number of aromatic amines is 2. The van der Waals surface area contributed by atoms with Crippen molar-refractivity contribution >= 4 is 21.9 Å². The van der Waals surface area contributed by atoms with Crippen molar-refractivity contribution in [3.63, 3.8) is 0 Å². The lowest BCUT2D eigenvalue weighted by Gasteiger charge is -2.11. The maximum Gasteiger partial charge on any atom is 0.135 e. The zero-order valence-electron chi connectivity index (χ0n) is 21.0. The minimum absolute atomic E-state index is 0.771. The van der Waals surface area contributed by atoms with Gasteiger partial charge in [-0.05, 0) is 67.3 Å². The van der Waals surface area contributed by atoms with Crippen molar-refractivity contribution in [3.05, 3.63) is 79.0 Å². The zero-order valence-corrected chi connectivity index (χ0v) is 21.0. The number of aromatic nitrogens is 7. The molecule has 1 aliphatic carbocycles. The molecule has 0 atom stereocenters. The average molecular weight is 501 g/mol. The Kier molecular flexibility index (Phi) is 5.86. The zero-order chi connectivity index (χ0) is 25.3. The van der Waals surface area contributed by atoms with E-state index in [1.54, 1.807) is 6.20 Å². The van der Waals surface area contributed by atoms with Crippen LogP contribution < -0.4 is 5.32 Å². The first-order valence-corrected chi connectivity index (χ1v) is 13.2. The van der Waals surface area contributed by atoms with E-state index >= 15 is 0 Å². The molecule has 0 radical (unpaired) electrons. The van der Waals surface area contributed by atoms with Gasteiger partial charge in [-0.3, -0.25) is 20.1 Å². The topological polar surface area (TPSA) is 108 Å². The number of pyridine rings is 4. The molecule has 0 aromatic carbocycles. The molecule has 1 aliphatic rings. The van der Waals surface area contributed by atoms with Gasteiger partial charge in [0.1, 0.15) is 11.2 Å². The SMILES string of the molecule is c1ccc(-c2cncc3[nH]c(-c4n[nH]c5ccc(-c6cncc(CNCC7CCCC7)c6)nc45)cc23)nc1. The summed E-state index contributed by atoms with van der Waals surface area (Å²) in [5.41, 5.74) is 9.17. The largest absolute Gasteiger partial charge is 0.352 e. The highest BCUT2D eigenvalue weighted by Gasteiger charge is 2.17. The fourth-order valence-electron chi connectivity index (χ4n) is 5.51. The Labute approximate surface area is 220 Å². The van der Waals surface area contributed by atoms with Crippen molar-refractivity contribution in [2.75, 3.05) is 6.54 Å². The molecule has 1 saturated carbocycles. The fraction of sp³-hybridized carbons (Fsp3) is 0.233. The Morgan fingerprint density at radius 3 is 2.71 bits per heavy atom. The fourth-order valence-corrected chi connectivity index (χ4v) is 5.51. The first-order valence-electron chi connectivity index (χ1n) is 13.2. The molecule has 0 amide bonds. The summed E-state index contributed by atoms with van der Waals surface area (Å²) >= 11 is 0. The molecule has 0 saturated heterocycles. The van der Waals surface area contributed by atoms with Crippen LogP contribution in [0.5, 0.6) is 0 Å². The van der Waals surface area contributed by atoms with Crippen LogP contribution in [0.2, 0.25) is 0 Å². The lowest BCUT2D eigenvalue weighted by molar-refractivity contribution is 0.489. The van der Waals surface area contributed by atoms with Gasteiger partial charge in [-0.15, -0.1) is 0 Å². The number of fused-ring (bicyclic) bond motifs is 2. The van der Waals surface area contributed by atoms with Gasteiger partial charge in [-0.1, -0.05) is 18.9 Å². The highest BCUT2D eigenvalue weighted by molar-refractivity contribution is 5.99. The number of nitrogens with zero attached hydrogens (tertiary/aromatic N) is 5. The minimum Gasteiger partial charge on any atom is -0.352 e. The van der Waals surface area contributed by atoms with Gasteiger partial charge in [0.15, 0.2) is 0 Å². The van der Waals surface area contributed by atoms with Gasteiger partial charge in [0.2, 0.25) is 0 Å². The molecule has 38 heavy (non-hydrogen) atoms. The lowest BCUT2D eigenvalue weighted by Crippen LogP contribution is -2.20. The van der Waals surface area contributed by atoms with Crippen LogP contribution in [-0.4, -0.2) is 41.7 Å². The van der Waals surface area contributed by atoms with Crippen LogP contribution >= 0.6 is 0 Å². The van der Waals surface area contributed by atoms with Gasteiger partial charge in [-0.25, -0.2) is 4.98 Å². The van der Waals surface area contributed by atoms with Crippen molar-refractivity contribution < 1.29 is 0 Å². The maximum absolute atomic E-state index is 5.01. The number of rotatable bonds is 7. The summed E-state index contributed by atoms with van der Waals surface area (Å²) in [6.07, 6.45) is 14.7. The predicted octanol–water partition coefficient (Wildman–Crippen LogP) is 5.91. The summed E-state index contributed by atoms with van der Waals surface area (Å²) in [7, 11) is 0. The number of hydrogen-bond donors (Lipinski definition) is 3. The second-order valence-corrected chi connectivity index (χ2v) is 10.1. The molecule has 8 heteroatoms. The van der Waals surface area contributed by atoms with Crippen LogP contribution in [0.3, 0.4) is 0 Å². The molecular weight excluding hydrogens is 472 g/mol. The van der Waals surface area contributed by atoms with E-state index in [0.29, 0.717) is 0 Å². The van der Waals surface area contributed by atoms with Crippen LogP contribution in [0.15, 0.2) is 73.4 Å². The van der Waals surface area contributed by atoms with Crippen LogP contribution in [0.1, 0.15) is 31.2 Å². The van der Waals surface area contributed by atoms with E-state index < -0.39 is 0 Å². The van der Waals surface area contributed by atoms with Crippen LogP contribution in [-0.2, 0) is 6.54 Å². The predicted molar refractivity (Wildman–Crippen MR) is 149 cm³/mol. The summed E-state index contributed by atoms with van der Waals surface area (Å²) in [4.78, 5) is 21.9. The van der Waals surface area contributed by atoms with Crippen LogP contribution in [0.25, 0.3) is 55.8 Å². The molecule has 0 spiro atoms. The summed E-state index contributed by atoms with van der Waals surface area (Å²) in [5.74, 6) is 0.815. The first kappa shape index (κ1) is 22.7. The standard InChI is InChI=1S/C30H28N8/c1-2-6-19(5-1)13-31-14-20-11-21(16-32-15-20)24-8-9-26-29(36-24)30(38-37-26)27-12-22-23(17-33-18-28(22)35-27)25-7-3-4-10-34-25/h3-4,7-12,15-19,31,35H,1-2,5-6,13-14H2,(H,37,38). The highest BCUT2D eigenvalue weighted by Crippen LogP contribution is 2.33. The Balaban J connectivity index is 1.20. The Morgan fingerprint density at radius 1 is 0.895 bits per heavy atom. The summed E-state index contributed by atoms with van der Waals surface area (Å²) in [5, 5.41) is 12.4. The molecule has 8 nitrogen and oxygen atoms in total. The van der Waals surface area contributed by atoms with Gasteiger partial charge in [0.25, 0.3) is 0 Å². The van der Waals surface area contributed by atoms with Gasteiger partial charge >= 0.3 is 0 Å². The third-order valence-electron chi connectivity index (χ3n) is 7.48. The molecule has 0 unspecified atom stereocenters. The van der Waals surface area contributed by atoms with E-state index in [1.807, 2.05) is 55.1 Å². The smallest absolute Gasteiger partial charge is 0.135 e. The molecular formula is C30H28N8. The van der Waals surface area contributed by atoms with Crippen molar-refractivity contribution in [3.8, 4) is 33.9 Å². The molecule has 6 heterocycles. The molecule has 188 valence electrons. The molecule has 7 rings (SSSR count). The maximum atomic E-state index is 5.01. The monoisotopic (exact) mass is 500 g/mol. The summed E-state index contributed by atoms with van der Waals surface area (Å²) < 4.78 is 0. The minimum atomic E-state index is 0.771. The van der Waals surface area contributed by atoms with Crippen molar-refractivity contribution in [2.24, 2.45) is 5.92 Å². The lowest BCUT2D eigenvalue weighted by atomic mass is 10.1. The van der Waals surface area contributed by atoms with Crippen molar-refractivity contribution in [2.45, 2.75) is 32.2 Å². The number of H-pyrrole nitrogens is 2. The van der Waals surface area contributed by atoms with Gasteiger partial charge < -0.3 is 10.3 Å². The average Bonchev–Trinajstić information content (AvgIpc) is 3.73. The van der Waals surface area contributed by atoms with E-state index in [4.69, 9.17) is 4.98 Å². The van der Waals surface area contributed by atoms with Crippen LogP contribution in [0.4, 0.5) is 0 Å².